The molecule has 1 aliphatic rings. The molecule has 1 aliphatic heterocycles. The number of carbonyl (C=O) groups excluding carboxylic acids is 2. The topological polar surface area (TPSA) is 50.3 Å². The Morgan fingerprint density at radius 2 is 1.50 bits per heavy atom. The SMILES string of the molecule is O=C1c2ccccc2C(=O)N1c1c(Cl)cnc(Cl)c1Cl. The fourth-order valence-corrected chi connectivity index (χ4v) is 2.68. The van der Waals surface area contributed by atoms with Crippen LogP contribution in [0.1, 0.15) is 20.7 Å². The predicted octanol–water partition coefficient (Wildman–Crippen LogP) is 3.84. The summed E-state index contributed by atoms with van der Waals surface area (Å²) >= 11 is 17.9. The van der Waals surface area contributed by atoms with Gasteiger partial charge >= 0.3 is 0 Å². The molecule has 0 N–H and O–H groups in total. The van der Waals surface area contributed by atoms with Gasteiger partial charge in [-0.25, -0.2) is 9.88 Å². The van der Waals surface area contributed by atoms with E-state index in [2.05, 4.69) is 4.98 Å². The third-order valence-electron chi connectivity index (χ3n) is 2.92. The summed E-state index contributed by atoms with van der Waals surface area (Å²) in [5, 5.41) is 0.0187. The van der Waals surface area contributed by atoms with Gasteiger partial charge in [-0.3, -0.25) is 9.59 Å². The first kappa shape index (κ1) is 13.4. The molecule has 0 bridgehead atoms. The highest BCUT2D eigenvalue weighted by Gasteiger charge is 2.38. The summed E-state index contributed by atoms with van der Waals surface area (Å²) in [5.41, 5.74) is 0.662. The van der Waals surface area contributed by atoms with Gasteiger partial charge in [0.05, 0.1) is 21.8 Å². The quantitative estimate of drug-likeness (QED) is 0.590. The fourth-order valence-electron chi connectivity index (χ4n) is 2.03. The van der Waals surface area contributed by atoms with Crippen molar-refractivity contribution in [3.05, 3.63) is 56.8 Å². The molecule has 1 aromatic heterocycles. The molecule has 0 atom stereocenters. The molecular formula is C13H5Cl3N2O2. The molecule has 100 valence electrons. The van der Waals surface area contributed by atoms with Crippen LogP contribution in [0.15, 0.2) is 30.5 Å². The molecule has 0 unspecified atom stereocenters. The maximum atomic E-state index is 12.3. The van der Waals surface area contributed by atoms with Gasteiger partial charge in [0.1, 0.15) is 10.2 Å². The molecule has 2 heterocycles. The number of hydrogen-bond donors (Lipinski definition) is 0. The molecule has 3 rings (SSSR count). The number of benzene rings is 1. The monoisotopic (exact) mass is 326 g/mol. The second-order valence-corrected chi connectivity index (χ2v) is 5.19. The van der Waals surface area contributed by atoms with Crippen molar-refractivity contribution in [2.75, 3.05) is 4.90 Å². The number of fused-ring (bicyclic) bond motifs is 1. The first-order valence-electron chi connectivity index (χ1n) is 5.49. The van der Waals surface area contributed by atoms with Crippen LogP contribution in [0.2, 0.25) is 15.2 Å². The van der Waals surface area contributed by atoms with Crippen molar-refractivity contribution < 1.29 is 9.59 Å². The largest absolute Gasteiger partial charge is 0.268 e. The van der Waals surface area contributed by atoms with E-state index in [1.165, 1.54) is 6.20 Å². The standard InChI is InChI=1S/C13H5Cl3N2O2/c14-8-5-17-11(16)9(15)10(8)18-12(19)6-3-1-2-4-7(6)13(18)20/h1-5H. The van der Waals surface area contributed by atoms with Crippen LogP contribution >= 0.6 is 34.8 Å². The van der Waals surface area contributed by atoms with Crippen molar-refractivity contribution in [2.24, 2.45) is 0 Å². The van der Waals surface area contributed by atoms with E-state index in [0.29, 0.717) is 11.1 Å². The minimum absolute atomic E-state index is 0.0253. The van der Waals surface area contributed by atoms with E-state index >= 15 is 0 Å². The van der Waals surface area contributed by atoms with Crippen molar-refractivity contribution in [1.82, 2.24) is 4.98 Å². The lowest BCUT2D eigenvalue weighted by molar-refractivity contribution is 0.0926. The molecule has 0 saturated carbocycles. The van der Waals surface area contributed by atoms with Crippen molar-refractivity contribution in [2.45, 2.75) is 0 Å². The third-order valence-corrected chi connectivity index (χ3v) is 3.94. The van der Waals surface area contributed by atoms with Crippen LogP contribution in [-0.4, -0.2) is 16.8 Å². The lowest BCUT2D eigenvalue weighted by Gasteiger charge is -2.17. The summed E-state index contributed by atoms with van der Waals surface area (Å²) in [4.78, 5) is 29.4. The molecular weight excluding hydrogens is 323 g/mol. The smallest absolute Gasteiger partial charge is 0.266 e. The number of carbonyl (C=O) groups is 2. The number of halogens is 3. The normalized spacial score (nSPS) is 13.8. The number of pyridine rings is 1. The van der Waals surface area contributed by atoms with Crippen molar-refractivity contribution >= 4 is 52.3 Å². The molecule has 7 heteroatoms. The van der Waals surface area contributed by atoms with Crippen LogP contribution in [0, 0.1) is 0 Å². The van der Waals surface area contributed by atoms with Crippen molar-refractivity contribution in [3.8, 4) is 0 Å². The van der Waals surface area contributed by atoms with Gasteiger partial charge in [0.15, 0.2) is 0 Å². The number of imide groups is 1. The van der Waals surface area contributed by atoms with Gasteiger partial charge in [0.2, 0.25) is 0 Å². The van der Waals surface area contributed by atoms with E-state index in [0.717, 1.165) is 4.90 Å². The summed E-state index contributed by atoms with van der Waals surface area (Å²) < 4.78 is 0. The lowest BCUT2D eigenvalue weighted by atomic mass is 10.1. The molecule has 1 aromatic carbocycles. The molecule has 0 saturated heterocycles. The molecule has 2 aromatic rings. The third kappa shape index (κ3) is 1.80. The fraction of sp³-hybridized carbons (Fsp3) is 0. The molecule has 0 spiro atoms. The van der Waals surface area contributed by atoms with Crippen LogP contribution in [0.4, 0.5) is 5.69 Å². The molecule has 0 radical (unpaired) electrons. The maximum Gasteiger partial charge on any atom is 0.266 e. The Labute approximate surface area is 128 Å². The lowest BCUT2D eigenvalue weighted by Crippen LogP contribution is -2.30. The number of rotatable bonds is 1. The Morgan fingerprint density at radius 3 is 2.05 bits per heavy atom. The Morgan fingerprint density at radius 1 is 0.950 bits per heavy atom. The van der Waals surface area contributed by atoms with Gasteiger partial charge in [-0.05, 0) is 12.1 Å². The number of hydrogen-bond acceptors (Lipinski definition) is 3. The van der Waals surface area contributed by atoms with E-state index in [1.807, 2.05) is 0 Å². The summed E-state index contributed by atoms with van der Waals surface area (Å²) in [7, 11) is 0. The molecule has 0 aliphatic carbocycles. The van der Waals surface area contributed by atoms with Gasteiger partial charge in [0, 0.05) is 6.20 Å². The van der Waals surface area contributed by atoms with Gasteiger partial charge in [0.25, 0.3) is 11.8 Å². The van der Waals surface area contributed by atoms with Gasteiger partial charge in [-0.2, -0.15) is 0 Å². The Kier molecular flexibility index (Phi) is 3.17. The number of amides is 2. The summed E-state index contributed by atoms with van der Waals surface area (Å²) in [6, 6.07) is 6.49. The molecule has 4 nitrogen and oxygen atoms in total. The minimum atomic E-state index is -0.489. The van der Waals surface area contributed by atoms with Crippen molar-refractivity contribution in [1.29, 1.82) is 0 Å². The zero-order chi connectivity index (χ0) is 14.4. The number of anilines is 1. The van der Waals surface area contributed by atoms with Crippen LogP contribution in [-0.2, 0) is 0 Å². The van der Waals surface area contributed by atoms with Crippen LogP contribution in [0.5, 0.6) is 0 Å². The van der Waals surface area contributed by atoms with E-state index in [9.17, 15) is 9.59 Å². The maximum absolute atomic E-state index is 12.3. The highest BCUT2D eigenvalue weighted by atomic mass is 35.5. The van der Waals surface area contributed by atoms with Crippen molar-refractivity contribution in [3.63, 3.8) is 0 Å². The Balaban J connectivity index is 2.22. The number of aromatic nitrogens is 1. The van der Waals surface area contributed by atoms with Gasteiger partial charge in [-0.15, -0.1) is 0 Å². The average Bonchev–Trinajstić information content (AvgIpc) is 2.69. The zero-order valence-corrected chi connectivity index (χ0v) is 12.0. The average molecular weight is 328 g/mol. The van der Waals surface area contributed by atoms with Crippen LogP contribution < -0.4 is 4.90 Å². The van der Waals surface area contributed by atoms with E-state index < -0.39 is 11.8 Å². The molecule has 0 fully saturated rings. The first-order chi connectivity index (χ1) is 9.52. The summed E-state index contributed by atoms with van der Waals surface area (Å²) in [6.07, 6.45) is 1.24. The Hall–Kier alpha value is -1.62. The molecule has 2 amide bonds. The highest BCUT2D eigenvalue weighted by Crippen LogP contribution is 2.40. The second kappa shape index (κ2) is 4.74. The second-order valence-electron chi connectivity index (χ2n) is 4.05. The molecule has 20 heavy (non-hydrogen) atoms. The Bertz CT molecular complexity index is 726. The first-order valence-corrected chi connectivity index (χ1v) is 6.63. The van der Waals surface area contributed by atoms with E-state index in [-0.39, 0.29) is 20.9 Å². The summed E-state index contributed by atoms with van der Waals surface area (Å²) in [5.74, 6) is -0.978. The van der Waals surface area contributed by atoms with E-state index in [1.54, 1.807) is 24.3 Å². The predicted molar refractivity (Wildman–Crippen MR) is 76.8 cm³/mol. The highest BCUT2D eigenvalue weighted by molar-refractivity contribution is 6.48. The number of nitrogens with zero attached hydrogens (tertiary/aromatic N) is 2. The van der Waals surface area contributed by atoms with Gasteiger partial charge < -0.3 is 0 Å². The minimum Gasteiger partial charge on any atom is -0.268 e. The van der Waals surface area contributed by atoms with E-state index in [4.69, 9.17) is 34.8 Å². The summed E-state index contributed by atoms with van der Waals surface area (Å²) in [6.45, 7) is 0. The zero-order valence-electron chi connectivity index (χ0n) is 9.73. The van der Waals surface area contributed by atoms with Crippen LogP contribution in [0.25, 0.3) is 0 Å². The van der Waals surface area contributed by atoms with Crippen LogP contribution in [0.3, 0.4) is 0 Å². The van der Waals surface area contributed by atoms with Gasteiger partial charge in [-0.1, -0.05) is 46.9 Å².